The van der Waals surface area contributed by atoms with E-state index < -0.39 is 11.2 Å². The van der Waals surface area contributed by atoms with Gasteiger partial charge in [0.15, 0.2) is 0 Å². The fourth-order valence-corrected chi connectivity index (χ4v) is 0. The molecule has 0 aromatic rings. The van der Waals surface area contributed by atoms with Crippen molar-refractivity contribution < 1.29 is 67.0 Å². The molecule has 0 saturated heterocycles. The van der Waals surface area contributed by atoms with Crippen LogP contribution in [0.2, 0.25) is 0 Å². The zero-order chi connectivity index (χ0) is 7.15. The summed E-state index contributed by atoms with van der Waals surface area (Å²) in [5.74, 6) is 0. The molecule has 0 fully saturated rings. The molecule has 7 nitrogen and oxygen atoms in total. The van der Waals surface area contributed by atoms with Crippen LogP contribution in [0.5, 0.6) is 0 Å². The molecule has 0 aromatic carbocycles. The van der Waals surface area contributed by atoms with E-state index in [2.05, 4.69) is 0 Å². The second-order valence-corrected chi connectivity index (χ2v) is 0.520. The summed E-state index contributed by atoms with van der Waals surface area (Å²) < 4.78 is 0. The third kappa shape index (κ3) is 11400. The van der Waals surface area contributed by atoms with Crippen LogP contribution < -0.4 is 0 Å². The molecule has 0 aliphatic heterocycles. The molecule has 0 atom stereocenters. The molecular weight excluding hydrogens is 262 g/mol. The average Bonchev–Trinajstić information content (AvgIpc) is 1.25. The number of carbonyl (C=O) groups is 1. The van der Waals surface area contributed by atoms with Gasteiger partial charge in [0.25, 0.3) is 5.09 Å². The van der Waals surface area contributed by atoms with Crippen molar-refractivity contribution in [2.45, 2.75) is 0 Å². The van der Waals surface area contributed by atoms with Crippen molar-refractivity contribution >= 4 is 6.16 Å². The molecule has 0 aliphatic carbocycles. The Labute approximate surface area is 82.8 Å². The van der Waals surface area contributed by atoms with Gasteiger partial charge in [-0.05, 0) is 0 Å². The van der Waals surface area contributed by atoms with Gasteiger partial charge in [0.1, 0.15) is 0 Å². The van der Waals surface area contributed by atoms with E-state index in [9.17, 15) is 0 Å². The van der Waals surface area contributed by atoms with Gasteiger partial charge in [0.2, 0.25) is 0 Å². The minimum atomic E-state index is -1.83. The molecule has 8 heteroatoms. The van der Waals surface area contributed by atoms with E-state index in [1.165, 1.54) is 0 Å². The monoisotopic (exact) mass is 265 g/mol. The topological polar surface area (TPSA) is 121 Å². The van der Waals surface area contributed by atoms with Crippen molar-refractivity contribution in [2.75, 3.05) is 0 Å². The van der Waals surface area contributed by atoms with Crippen LogP contribution in [0.3, 0.4) is 0 Å². The molecular formula is CH3CeNO6. The maximum atomic E-state index is 8.56. The van der Waals surface area contributed by atoms with E-state index in [1.54, 1.807) is 0 Å². The Hall–Kier alpha value is -0.153. The Morgan fingerprint density at radius 3 is 1.44 bits per heavy atom. The molecule has 0 saturated carbocycles. The maximum absolute atomic E-state index is 8.56. The minimum absolute atomic E-state index is 0. The summed E-state index contributed by atoms with van der Waals surface area (Å²) in [6.07, 6.45) is -1.83. The van der Waals surface area contributed by atoms with Crippen LogP contribution in [0.15, 0.2) is 0 Å². The Bertz CT molecular complexity index is 71.1. The largest absolute Gasteiger partial charge is 0.503 e. The van der Waals surface area contributed by atoms with Crippen LogP contribution in [0.25, 0.3) is 0 Å². The zero-order valence-corrected chi connectivity index (χ0v) is 7.15. The summed E-state index contributed by atoms with van der Waals surface area (Å²) in [6, 6.07) is 0. The third-order valence-electron chi connectivity index (χ3n) is 0. The fraction of sp³-hybridized carbons (Fsp3) is 0. The predicted molar refractivity (Wildman–Crippen MR) is 19.4 cm³/mol. The predicted octanol–water partition coefficient (Wildman–Crippen LogP) is -0.125. The van der Waals surface area contributed by atoms with Gasteiger partial charge >= 0.3 is 6.16 Å². The van der Waals surface area contributed by atoms with Crippen LogP contribution in [0.4, 0.5) is 4.79 Å². The Balaban J connectivity index is -0.0000000720. The van der Waals surface area contributed by atoms with E-state index in [-0.39, 0.29) is 41.7 Å². The smallest absolute Gasteiger partial charge is 0.450 e. The van der Waals surface area contributed by atoms with Crippen LogP contribution in [0, 0.1) is 51.9 Å². The summed E-state index contributed by atoms with van der Waals surface area (Å²) in [4.78, 5) is 16.9. The summed E-state index contributed by atoms with van der Waals surface area (Å²) in [5.41, 5.74) is 0. The van der Waals surface area contributed by atoms with Gasteiger partial charge in [-0.25, -0.2) is 4.79 Å². The van der Waals surface area contributed by atoms with Gasteiger partial charge in [-0.3, -0.25) is 0 Å². The van der Waals surface area contributed by atoms with Gasteiger partial charge in [0, 0.05) is 41.7 Å². The van der Waals surface area contributed by atoms with Crippen LogP contribution in [-0.2, 0) is 0 Å². The van der Waals surface area contributed by atoms with Gasteiger partial charge < -0.3 is 15.4 Å². The van der Waals surface area contributed by atoms with Crippen molar-refractivity contribution in [3.8, 4) is 0 Å². The molecule has 0 rings (SSSR count). The first-order valence-corrected chi connectivity index (χ1v) is 1.22. The second kappa shape index (κ2) is 10.8. The molecule has 0 heterocycles. The first-order chi connectivity index (χ1) is 3.46. The van der Waals surface area contributed by atoms with Gasteiger partial charge in [-0.15, -0.1) is 10.1 Å². The SMILES string of the molecule is O=C(O)O.O=[N+]([O-])O.[Ce]. The number of hydrogen-bond donors (Lipinski definition) is 3. The normalized spacial score (nSPS) is 5.33. The van der Waals surface area contributed by atoms with Crippen molar-refractivity contribution in [3.63, 3.8) is 0 Å². The van der Waals surface area contributed by atoms with Crippen molar-refractivity contribution in [1.29, 1.82) is 0 Å². The average molecular weight is 265 g/mol. The number of nitrogens with zero attached hydrogens (tertiary/aromatic N) is 1. The Morgan fingerprint density at radius 1 is 1.44 bits per heavy atom. The van der Waals surface area contributed by atoms with E-state index in [0.717, 1.165) is 0 Å². The zero-order valence-electron chi connectivity index (χ0n) is 4.01. The van der Waals surface area contributed by atoms with Gasteiger partial charge in [0.05, 0.1) is 0 Å². The van der Waals surface area contributed by atoms with Crippen molar-refractivity contribution in [2.24, 2.45) is 0 Å². The van der Waals surface area contributed by atoms with Gasteiger partial charge in [-0.1, -0.05) is 0 Å². The van der Waals surface area contributed by atoms with Crippen LogP contribution in [0.1, 0.15) is 0 Å². The maximum Gasteiger partial charge on any atom is 0.503 e. The quantitative estimate of drug-likeness (QED) is 0.414. The molecule has 0 unspecified atom stereocenters. The Morgan fingerprint density at radius 2 is 1.44 bits per heavy atom. The summed E-state index contributed by atoms with van der Waals surface area (Å²) in [5, 5.41) is 27.6. The summed E-state index contributed by atoms with van der Waals surface area (Å²) in [7, 11) is 0. The summed E-state index contributed by atoms with van der Waals surface area (Å²) in [6.45, 7) is 0. The molecule has 0 bridgehead atoms. The van der Waals surface area contributed by atoms with E-state index in [1.807, 2.05) is 0 Å². The molecule has 9 heavy (non-hydrogen) atoms. The van der Waals surface area contributed by atoms with Gasteiger partial charge in [-0.2, -0.15) is 0 Å². The van der Waals surface area contributed by atoms with E-state index in [0.29, 0.717) is 0 Å². The number of hydrogen-bond acceptors (Lipinski definition) is 3. The molecule has 3 N–H and O–H groups in total. The fourth-order valence-electron chi connectivity index (χ4n) is 0. The molecule has 0 aliphatic rings. The molecule has 52 valence electrons. The van der Waals surface area contributed by atoms with Crippen molar-refractivity contribution in [3.05, 3.63) is 10.1 Å². The van der Waals surface area contributed by atoms with Crippen LogP contribution in [-0.4, -0.2) is 26.7 Å². The van der Waals surface area contributed by atoms with Crippen LogP contribution >= 0.6 is 0 Å². The van der Waals surface area contributed by atoms with E-state index >= 15 is 0 Å². The summed E-state index contributed by atoms with van der Waals surface area (Å²) >= 11 is 0. The first kappa shape index (κ1) is 15.9. The minimum Gasteiger partial charge on any atom is -0.450 e. The molecule has 0 radical (unpaired) electrons. The van der Waals surface area contributed by atoms with Crippen molar-refractivity contribution in [1.82, 2.24) is 0 Å². The molecule has 0 aromatic heterocycles. The first-order valence-electron chi connectivity index (χ1n) is 1.22. The molecule has 0 amide bonds. The number of carboxylic acid groups (broad SMARTS) is 2. The molecule has 0 spiro atoms. The number of rotatable bonds is 0. The second-order valence-electron chi connectivity index (χ2n) is 0.520. The third-order valence-corrected chi connectivity index (χ3v) is 0. The standard InChI is InChI=1S/CH2O3.Ce.HNO3/c2-1(3)4;;2-1(3)4/h(H2,2,3,4);;(H,2,3,4). The van der Waals surface area contributed by atoms with E-state index in [4.69, 9.17) is 30.3 Å². The Kier molecular flexibility index (Phi) is 19.1.